The van der Waals surface area contributed by atoms with Gasteiger partial charge in [-0.15, -0.1) is 0 Å². The van der Waals surface area contributed by atoms with Crippen LogP contribution in [0.5, 0.6) is 0 Å². The van der Waals surface area contributed by atoms with Crippen LogP contribution in [0.25, 0.3) is 0 Å². The fourth-order valence-corrected chi connectivity index (χ4v) is 1.16. The lowest BCUT2D eigenvalue weighted by molar-refractivity contribution is -0.146. The van der Waals surface area contributed by atoms with Crippen molar-refractivity contribution in [2.75, 3.05) is 0 Å². The summed E-state index contributed by atoms with van der Waals surface area (Å²) in [6.07, 6.45) is -4.41. The third kappa shape index (κ3) is 3.28. The van der Waals surface area contributed by atoms with E-state index in [4.69, 9.17) is 10.2 Å². The number of halogens is 2. The number of carbonyl (C=O) groups is 1. The van der Waals surface area contributed by atoms with Crippen molar-refractivity contribution in [2.45, 2.75) is 19.0 Å². The molecule has 2 N–H and O–H groups in total. The van der Waals surface area contributed by atoms with Crippen LogP contribution in [0.2, 0.25) is 0 Å². The Bertz CT molecular complexity index is 335. The molecule has 0 aliphatic rings. The third-order valence-corrected chi connectivity index (χ3v) is 1.92. The van der Waals surface area contributed by atoms with Crippen LogP contribution in [0, 0.1) is 0 Å². The minimum atomic E-state index is -2.43. The van der Waals surface area contributed by atoms with Crippen molar-refractivity contribution >= 4 is 5.97 Å². The molecule has 0 aliphatic heterocycles. The molecule has 1 aromatic carbocycles. The third-order valence-electron chi connectivity index (χ3n) is 1.92. The van der Waals surface area contributed by atoms with E-state index in [-0.39, 0.29) is 12.0 Å². The fraction of sp³-hybridized carbons (Fsp3) is 0.300. The predicted molar refractivity (Wildman–Crippen MR) is 48.7 cm³/mol. The average molecular weight is 216 g/mol. The Hall–Kier alpha value is -1.49. The number of carboxylic acids is 1. The van der Waals surface area contributed by atoms with Gasteiger partial charge < -0.3 is 10.2 Å². The number of aliphatic hydroxyl groups excluding tert-OH is 1. The maximum Gasteiger partial charge on any atom is 0.337 e. The first-order chi connectivity index (χ1) is 7.00. The van der Waals surface area contributed by atoms with Gasteiger partial charge in [0.2, 0.25) is 6.43 Å². The Morgan fingerprint density at radius 3 is 2.20 bits per heavy atom. The van der Waals surface area contributed by atoms with Gasteiger partial charge in [0.1, 0.15) is 0 Å². The van der Waals surface area contributed by atoms with Crippen LogP contribution in [0.1, 0.15) is 17.2 Å². The molecule has 15 heavy (non-hydrogen) atoms. The Labute approximate surface area is 85.0 Å². The molecule has 5 heteroatoms. The van der Waals surface area contributed by atoms with Gasteiger partial charge in [-0.05, 0) is 11.1 Å². The van der Waals surface area contributed by atoms with E-state index in [1.807, 2.05) is 0 Å². The summed E-state index contributed by atoms with van der Waals surface area (Å²) in [6.45, 7) is 0. The van der Waals surface area contributed by atoms with Crippen molar-refractivity contribution in [2.24, 2.45) is 0 Å². The average Bonchev–Trinajstić information content (AvgIpc) is 2.17. The quantitative estimate of drug-likeness (QED) is 0.803. The molecule has 1 unspecified atom stereocenters. The summed E-state index contributed by atoms with van der Waals surface area (Å²) in [5, 5.41) is 17.6. The lowest BCUT2D eigenvalue weighted by atomic mass is 10.1. The maximum atomic E-state index is 12.0. The van der Waals surface area contributed by atoms with E-state index >= 15 is 0 Å². The normalized spacial score (nSPS) is 12.8. The highest BCUT2D eigenvalue weighted by molar-refractivity contribution is 5.73. The number of hydrogen-bond acceptors (Lipinski definition) is 2. The molecular weight excluding hydrogens is 206 g/mol. The van der Waals surface area contributed by atoms with Crippen molar-refractivity contribution in [1.29, 1.82) is 0 Å². The summed E-state index contributed by atoms with van der Waals surface area (Å²) < 4.78 is 23.9. The zero-order valence-corrected chi connectivity index (χ0v) is 7.73. The maximum absolute atomic E-state index is 12.0. The largest absolute Gasteiger partial charge is 0.479 e. The zero-order chi connectivity index (χ0) is 11.4. The molecule has 0 amide bonds. The molecule has 0 bridgehead atoms. The Balaban J connectivity index is 2.76. The molecule has 0 radical (unpaired) electrons. The van der Waals surface area contributed by atoms with Gasteiger partial charge in [-0.1, -0.05) is 24.3 Å². The SMILES string of the molecule is O=C(O)C(O)c1ccc(CC(F)F)cc1. The molecule has 0 saturated carbocycles. The number of aliphatic hydroxyl groups is 1. The van der Waals surface area contributed by atoms with Crippen LogP contribution >= 0.6 is 0 Å². The zero-order valence-electron chi connectivity index (χ0n) is 7.73. The monoisotopic (exact) mass is 216 g/mol. The van der Waals surface area contributed by atoms with E-state index in [0.717, 1.165) is 0 Å². The lowest BCUT2D eigenvalue weighted by Gasteiger charge is -2.06. The van der Waals surface area contributed by atoms with Crippen LogP contribution < -0.4 is 0 Å². The predicted octanol–water partition coefficient (Wildman–Crippen LogP) is 1.61. The minimum absolute atomic E-state index is 0.181. The lowest BCUT2D eigenvalue weighted by Crippen LogP contribution is -2.10. The summed E-state index contributed by atoms with van der Waals surface area (Å²) in [7, 11) is 0. The first-order valence-electron chi connectivity index (χ1n) is 4.28. The van der Waals surface area contributed by atoms with Gasteiger partial charge in [0.05, 0.1) is 0 Å². The van der Waals surface area contributed by atoms with E-state index in [9.17, 15) is 13.6 Å². The highest BCUT2D eigenvalue weighted by Gasteiger charge is 2.15. The van der Waals surface area contributed by atoms with E-state index in [0.29, 0.717) is 5.56 Å². The summed E-state index contributed by atoms with van der Waals surface area (Å²) in [5.74, 6) is -1.36. The molecule has 3 nitrogen and oxygen atoms in total. The van der Waals surface area contributed by atoms with Crippen LogP contribution in [0.3, 0.4) is 0 Å². The van der Waals surface area contributed by atoms with Gasteiger partial charge in [0, 0.05) is 6.42 Å². The van der Waals surface area contributed by atoms with E-state index in [2.05, 4.69) is 0 Å². The molecule has 0 heterocycles. The number of carboxylic acid groups (broad SMARTS) is 1. The summed E-state index contributed by atoms with van der Waals surface area (Å²) in [6, 6.07) is 5.42. The Morgan fingerprint density at radius 1 is 1.27 bits per heavy atom. The molecule has 1 rings (SSSR count). The summed E-state index contributed by atoms with van der Waals surface area (Å²) in [5.41, 5.74) is 0.590. The molecule has 0 aliphatic carbocycles. The molecule has 0 saturated heterocycles. The van der Waals surface area contributed by atoms with Gasteiger partial charge >= 0.3 is 5.97 Å². The van der Waals surface area contributed by atoms with Crippen LogP contribution in [0.15, 0.2) is 24.3 Å². The first-order valence-corrected chi connectivity index (χ1v) is 4.28. The molecular formula is C10H10F2O3. The second-order valence-corrected chi connectivity index (χ2v) is 3.08. The first kappa shape index (κ1) is 11.6. The molecule has 1 atom stereocenters. The van der Waals surface area contributed by atoms with Crippen molar-refractivity contribution in [1.82, 2.24) is 0 Å². The smallest absolute Gasteiger partial charge is 0.337 e. The number of aliphatic carboxylic acids is 1. The number of rotatable bonds is 4. The van der Waals surface area contributed by atoms with Crippen molar-refractivity contribution in [3.05, 3.63) is 35.4 Å². The van der Waals surface area contributed by atoms with Crippen molar-refractivity contribution in [3.63, 3.8) is 0 Å². The topological polar surface area (TPSA) is 57.5 Å². The van der Waals surface area contributed by atoms with E-state index in [1.165, 1.54) is 24.3 Å². The second-order valence-electron chi connectivity index (χ2n) is 3.08. The highest BCUT2D eigenvalue weighted by Crippen LogP contribution is 2.15. The van der Waals surface area contributed by atoms with Gasteiger partial charge in [-0.2, -0.15) is 0 Å². The highest BCUT2D eigenvalue weighted by atomic mass is 19.3. The van der Waals surface area contributed by atoms with Crippen LogP contribution in [-0.2, 0) is 11.2 Å². The standard InChI is InChI=1S/C10H10F2O3/c11-8(12)5-6-1-3-7(4-2-6)9(13)10(14)15/h1-4,8-9,13H,5H2,(H,14,15). The van der Waals surface area contributed by atoms with Crippen molar-refractivity contribution in [3.8, 4) is 0 Å². The minimum Gasteiger partial charge on any atom is -0.479 e. The van der Waals surface area contributed by atoms with Gasteiger partial charge in [0.15, 0.2) is 6.10 Å². The molecule has 0 spiro atoms. The van der Waals surface area contributed by atoms with E-state index in [1.54, 1.807) is 0 Å². The number of alkyl halides is 2. The Morgan fingerprint density at radius 2 is 1.80 bits per heavy atom. The molecule has 1 aromatic rings. The Kier molecular flexibility index (Phi) is 3.74. The van der Waals surface area contributed by atoms with E-state index < -0.39 is 18.5 Å². The van der Waals surface area contributed by atoms with Crippen LogP contribution in [-0.4, -0.2) is 22.6 Å². The number of benzene rings is 1. The number of hydrogen-bond donors (Lipinski definition) is 2. The second kappa shape index (κ2) is 4.84. The van der Waals surface area contributed by atoms with Gasteiger partial charge in [0.25, 0.3) is 0 Å². The molecule has 0 aromatic heterocycles. The summed E-state index contributed by atoms with van der Waals surface area (Å²) >= 11 is 0. The van der Waals surface area contributed by atoms with Gasteiger partial charge in [-0.25, -0.2) is 13.6 Å². The van der Waals surface area contributed by atoms with Crippen LogP contribution in [0.4, 0.5) is 8.78 Å². The van der Waals surface area contributed by atoms with Crippen molar-refractivity contribution < 1.29 is 23.8 Å². The van der Waals surface area contributed by atoms with Gasteiger partial charge in [-0.3, -0.25) is 0 Å². The fourth-order valence-electron chi connectivity index (χ4n) is 1.16. The summed E-state index contributed by atoms with van der Waals surface area (Å²) in [4.78, 5) is 10.4. The molecule has 82 valence electrons. The molecule has 0 fully saturated rings.